The van der Waals surface area contributed by atoms with Gasteiger partial charge in [0, 0.05) is 19.1 Å². The lowest BCUT2D eigenvalue weighted by Crippen LogP contribution is -2.36. The second-order valence-electron chi connectivity index (χ2n) is 6.26. The van der Waals surface area contributed by atoms with Crippen molar-refractivity contribution in [1.29, 1.82) is 0 Å². The fraction of sp³-hybridized carbons (Fsp3) is 0.923. The van der Waals surface area contributed by atoms with Gasteiger partial charge in [0.1, 0.15) is 5.60 Å². The number of nitrogens with one attached hydrogen (secondary N) is 1. The fourth-order valence-electron chi connectivity index (χ4n) is 2.11. The summed E-state index contributed by atoms with van der Waals surface area (Å²) in [4.78, 5) is 13.7. The highest BCUT2D eigenvalue weighted by Crippen LogP contribution is 2.22. The van der Waals surface area contributed by atoms with Crippen LogP contribution < -0.4 is 5.32 Å². The Labute approximate surface area is 104 Å². The second-order valence-corrected chi connectivity index (χ2v) is 6.26. The number of carbonyl (C=O) groups is 1. The molecule has 0 bridgehead atoms. The largest absolute Gasteiger partial charge is 0.444 e. The molecule has 0 aromatic rings. The highest BCUT2D eigenvalue weighted by atomic mass is 16.6. The van der Waals surface area contributed by atoms with Gasteiger partial charge >= 0.3 is 6.09 Å². The van der Waals surface area contributed by atoms with E-state index < -0.39 is 0 Å². The van der Waals surface area contributed by atoms with E-state index in [0.717, 1.165) is 32.1 Å². The van der Waals surface area contributed by atoms with E-state index in [1.54, 1.807) is 0 Å². The van der Waals surface area contributed by atoms with E-state index in [1.807, 2.05) is 25.7 Å². The van der Waals surface area contributed by atoms with Crippen LogP contribution >= 0.6 is 0 Å². The highest BCUT2D eigenvalue weighted by molar-refractivity contribution is 5.68. The Morgan fingerprint density at radius 3 is 2.65 bits per heavy atom. The molecule has 1 aliphatic heterocycles. The summed E-state index contributed by atoms with van der Waals surface area (Å²) in [7, 11) is 0. The third kappa shape index (κ3) is 4.19. The van der Waals surface area contributed by atoms with Crippen molar-refractivity contribution in [3.05, 3.63) is 0 Å². The van der Waals surface area contributed by atoms with Crippen LogP contribution in [0.4, 0.5) is 4.79 Å². The maximum Gasteiger partial charge on any atom is 0.410 e. The van der Waals surface area contributed by atoms with Crippen LogP contribution in [0.15, 0.2) is 0 Å². The van der Waals surface area contributed by atoms with Gasteiger partial charge in [0.2, 0.25) is 0 Å². The maximum absolute atomic E-state index is 11.8. The summed E-state index contributed by atoms with van der Waals surface area (Å²) < 4.78 is 5.37. The van der Waals surface area contributed by atoms with Gasteiger partial charge in [0.25, 0.3) is 0 Å². The minimum atomic E-state index is -0.387. The zero-order valence-corrected chi connectivity index (χ0v) is 11.2. The van der Waals surface area contributed by atoms with Crippen LogP contribution in [-0.2, 0) is 4.74 Å². The molecule has 1 amide bonds. The van der Waals surface area contributed by atoms with E-state index in [4.69, 9.17) is 4.74 Å². The Bertz CT molecular complexity index is 282. The molecule has 0 radical (unpaired) electrons. The van der Waals surface area contributed by atoms with Crippen LogP contribution in [0.25, 0.3) is 0 Å². The lowest BCUT2D eigenvalue weighted by molar-refractivity contribution is 0.0288. The first kappa shape index (κ1) is 12.7. The molecule has 1 saturated heterocycles. The first-order valence-corrected chi connectivity index (χ1v) is 6.65. The molecule has 4 heteroatoms. The number of ether oxygens (including phenoxy) is 1. The van der Waals surface area contributed by atoms with Gasteiger partial charge in [0.15, 0.2) is 0 Å². The Hall–Kier alpha value is -0.770. The SMILES string of the molecule is CC(C)(C)OC(=O)N1CC[C@H](CNC2CC2)C1. The minimum Gasteiger partial charge on any atom is -0.444 e. The van der Waals surface area contributed by atoms with Gasteiger partial charge in [0.05, 0.1) is 0 Å². The van der Waals surface area contributed by atoms with Crippen molar-refractivity contribution in [2.24, 2.45) is 5.92 Å². The number of likely N-dealkylation sites (tertiary alicyclic amines) is 1. The maximum atomic E-state index is 11.8. The Morgan fingerprint density at radius 1 is 1.35 bits per heavy atom. The van der Waals surface area contributed by atoms with Crippen molar-refractivity contribution in [2.75, 3.05) is 19.6 Å². The normalized spacial score (nSPS) is 25.1. The number of amides is 1. The van der Waals surface area contributed by atoms with Crippen LogP contribution in [0.3, 0.4) is 0 Å². The van der Waals surface area contributed by atoms with Gasteiger partial charge in [-0.05, 0) is 52.5 Å². The molecule has 17 heavy (non-hydrogen) atoms. The van der Waals surface area contributed by atoms with Crippen molar-refractivity contribution in [2.45, 2.75) is 51.7 Å². The van der Waals surface area contributed by atoms with E-state index in [9.17, 15) is 4.79 Å². The summed E-state index contributed by atoms with van der Waals surface area (Å²) in [6.45, 7) is 8.46. The molecular formula is C13H24N2O2. The predicted molar refractivity (Wildman–Crippen MR) is 66.9 cm³/mol. The average Bonchev–Trinajstić information content (AvgIpc) is 2.90. The standard InChI is InChI=1S/C13H24N2O2/c1-13(2,3)17-12(16)15-7-6-10(9-15)8-14-11-4-5-11/h10-11,14H,4-9H2,1-3H3/t10-/m1/s1. The van der Waals surface area contributed by atoms with E-state index in [1.165, 1.54) is 12.8 Å². The van der Waals surface area contributed by atoms with Gasteiger partial charge in [-0.3, -0.25) is 0 Å². The fourth-order valence-corrected chi connectivity index (χ4v) is 2.11. The third-order valence-electron chi connectivity index (χ3n) is 3.21. The molecular weight excluding hydrogens is 216 g/mol. The molecule has 2 rings (SSSR count). The molecule has 1 saturated carbocycles. The van der Waals surface area contributed by atoms with Crippen LogP contribution in [0, 0.1) is 5.92 Å². The molecule has 0 spiro atoms. The zero-order chi connectivity index (χ0) is 12.5. The van der Waals surface area contributed by atoms with Crippen LogP contribution in [0.1, 0.15) is 40.0 Å². The summed E-state index contributed by atoms with van der Waals surface area (Å²) in [5.41, 5.74) is -0.387. The van der Waals surface area contributed by atoms with Crippen molar-refractivity contribution in [3.63, 3.8) is 0 Å². The first-order chi connectivity index (χ1) is 7.94. The molecule has 0 unspecified atom stereocenters. The number of nitrogens with zero attached hydrogens (tertiary/aromatic N) is 1. The number of hydrogen-bond donors (Lipinski definition) is 1. The van der Waals surface area contributed by atoms with Crippen LogP contribution in [-0.4, -0.2) is 42.3 Å². The molecule has 0 aromatic heterocycles. The predicted octanol–water partition coefficient (Wildman–Crippen LogP) is 2.00. The van der Waals surface area contributed by atoms with Crippen molar-refractivity contribution in [3.8, 4) is 0 Å². The van der Waals surface area contributed by atoms with Gasteiger partial charge in [-0.1, -0.05) is 0 Å². The molecule has 98 valence electrons. The van der Waals surface area contributed by atoms with Gasteiger partial charge < -0.3 is 15.0 Å². The topological polar surface area (TPSA) is 41.6 Å². The zero-order valence-electron chi connectivity index (χ0n) is 11.2. The molecule has 0 aromatic carbocycles. The molecule has 1 N–H and O–H groups in total. The van der Waals surface area contributed by atoms with Crippen molar-refractivity contribution >= 4 is 6.09 Å². The quantitative estimate of drug-likeness (QED) is 0.820. The average molecular weight is 240 g/mol. The van der Waals surface area contributed by atoms with Gasteiger partial charge in [-0.15, -0.1) is 0 Å². The van der Waals surface area contributed by atoms with E-state index in [2.05, 4.69) is 5.32 Å². The van der Waals surface area contributed by atoms with Gasteiger partial charge in [-0.25, -0.2) is 4.79 Å². The van der Waals surface area contributed by atoms with Crippen LogP contribution in [0.2, 0.25) is 0 Å². The monoisotopic (exact) mass is 240 g/mol. The lowest BCUT2D eigenvalue weighted by Gasteiger charge is -2.24. The molecule has 1 aliphatic carbocycles. The Balaban J connectivity index is 1.70. The summed E-state index contributed by atoms with van der Waals surface area (Å²) in [5.74, 6) is 0.600. The van der Waals surface area contributed by atoms with Crippen LogP contribution in [0.5, 0.6) is 0 Å². The molecule has 2 fully saturated rings. The molecule has 4 nitrogen and oxygen atoms in total. The summed E-state index contributed by atoms with van der Waals surface area (Å²) in [6, 6.07) is 0.755. The van der Waals surface area contributed by atoms with Crippen molar-refractivity contribution in [1.82, 2.24) is 10.2 Å². The smallest absolute Gasteiger partial charge is 0.410 e. The minimum absolute atomic E-state index is 0.161. The highest BCUT2D eigenvalue weighted by Gasteiger charge is 2.30. The summed E-state index contributed by atoms with van der Waals surface area (Å²) in [6.07, 6.45) is 3.58. The molecule has 1 atom stereocenters. The number of rotatable bonds is 3. The Morgan fingerprint density at radius 2 is 2.06 bits per heavy atom. The van der Waals surface area contributed by atoms with E-state index in [-0.39, 0.29) is 11.7 Å². The second kappa shape index (κ2) is 4.84. The van der Waals surface area contributed by atoms with E-state index in [0.29, 0.717) is 5.92 Å². The van der Waals surface area contributed by atoms with Gasteiger partial charge in [-0.2, -0.15) is 0 Å². The lowest BCUT2D eigenvalue weighted by atomic mass is 10.1. The molecule has 1 heterocycles. The Kier molecular flexibility index (Phi) is 3.61. The number of hydrogen-bond acceptors (Lipinski definition) is 3. The summed E-state index contributed by atoms with van der Waals surface area (Å²) in [5, 5.41) is 3.53. The number of carbonyl (C=O) groups excluding carboxylic acids is 1. The third-order valence-corrected chi connectivity index (χ3v) is 3.21. The van der Waals surface area contributed by atoms with Crippen molar-refractivity contribution < 1.29 is 9.53 Å². The van der Waals surface area contributed by atoms with E-state index >= 15 is 0 Å². The first-order valence-electron chi connectivity index (χ1n) is 6.65. The molecule has 2 aliphatic rings. The summed E-state index contributed by atoms with van der Waals surface area (Å²) >= 11 is 0.